The molecule has 0 aromatic heterocycles. The molecule has 0 unspecified atom stereocenters. The maximum absolute atomic E-state index is 15.1. The highest BCUT2D eigenvalue weighted by Gasteiger charge is 2.49. The van der Waals surface area contributed by atoms with Crippen molar-refractivity contribution in [3.8, 4) is 0 Å². The number of carbonyl (C=O) groups is 1. The summed E-state index contributed by atoms with van der Waals surface area (Å²) in [5.41, 5.74) is 1.29. The van der Waals surface area contributed by atoms with Gasteiger partial charge in [-0.2, -0.15) is 0 Å². The van der Waals surface area contributed by atoms with E-state index in [0.717, 1.165) is 5.56 Å². The van der Waals surface area contributed by atoms with E-state index in [1.807, 2.05) is 30.3 Å². The first-order valence-corrected chi connectivity index (χ1v) is 10.5. The Morgan fingerprint density at radius 3 is 2.32 bits per heavy atom. The molecule has 1 aliphatic rings. The van der Waals surface area contributed by atoms with Crippen LogP contribution >= 0.6 is 22.6 Å². The Morgan fingerprint density at radius 2 is 1.71 bits per heavy atom. The van der Waals surface area contributed by atoms with Crippen LogP contribution in [-0.4, -0.2) is 48.3 Å². The molecular formula is C21H22FIO5. The summed E-state index contributed by atoms with van der Waals surface area (Å²) in [6.45, 7) is 0.190. The maximum atomic E-state index is 15.1. The fourth-order valence-corrected chi connectivity index (χ4v) is 3.75. The molecule has 0 saturated carbocycles. The Morgan fingerprint density at radius 1 is 1.07 bits per heavy atom. The molecule has 1 aliphatic heterocycles. The molecular weight excluding hydrogens is 478 g/mol. The minimum atomic E-state index is -1.60. The van der Waals surface area contributed by atoms with E-state index in [4.69, 9.17) is 18.9 Å². The van der Waals surface area contributed by atoms with E-state index < -0.39 is 36.7 Å². The molecule has 5 nitrogen and oxygen atoms in total. The van der Waals surface area contributed by atoms with Crippen LogP contribution in [0.4, 0.5) is 4.39 Å². The van der Waals surface area contributed by atoms with Crippen LogP contribution in [0.5, 0.6) is 0 Å². The van der Waals surface area contributed by atoms with Crippen molar-refractivity contribution in [2.24, 2.45) is 0 Å². The first kappa shape index (κ1) is 21.2. The summed E-state index contributed by atoms with van der Waals surface area (Å²) in [4.78, 5) is 12.6. The lowest BCUT2D eigenvalue weighted by Gasteiger charge is -2.42. The average molecular weight is 500 g/mol. The number of halogens is 2. The predicted octanol–water partition coefficient (Wildman–Crippen LogP) is 3.94. The van der Waals surface area contributed by atoms with Crippen molar-refractivity contribution < 1.29 is 28.1 Å². The quantitative estimate of drug-likeness (QED) is 0.328. The van der Waals surface area contributed by atoms with Crippen molar-refractivity contribution in [3.05, 3.63) is 71.8 Å². The van der Waals surface area contributed by atoms with E-state index in [2.05, 4.69) is 22.6 Å². The normalized spacial score (nSPS) is 27.3. The summed E-state index contributed by atoms with van der Waals surface area (Å²) in [5, 5.41) is 0. The van der Waals surface area contributed by atoms with E-state index >= 15 is 4.39 Å². The van der Waals surface area contributed by atoms with Gasteiger partial charge in [0.2, 0.25) is 0 Å². The molecule has 0 radical (unpaired) electrons. The molecule has 5 atom stereocenters. The van der Waals surface area contributed by atoms with E-state index in [9.17, 15) is 4.79 Å². The van der Waals surface area contributed by atoms with Gasteiger partial charge in [-0.3, -0.25) is 0 Å². The number of benzene rings is 2. The van der Waals surface area contributed by atoms with Crippen molar-refractivity contribution in [2.45, 2.75) is 37.4 Å². The molecule has 3 rings (SSSR count). The molecule has 0 spiro atoms. The van der Waals surface area contributed by atoms with Gasteiger partial charge in [-0.15, -0.1) is 0 Å². The summed E-state index contributed by atoms with van der Waals surface area (Å²) in [6.07, 6.45) is -5.12. The summed E-state index contributed by atoms with van der Waals surface area (Å²) in [6, 6.07) is 18.0. The van der Waals surface area contributed by atoms with Crippen molar-refractivity contribution in [3.63, 3.8) is 0 Å². The van der Waals surface area contributed by atoms with Gasteiger partial charge in [-0.25, -0.2) is 9.18 Å². The number of methoxy groups -OCH3 is 1. The van der Waals surface area contributed by atoms with Gasteiger partial charge in [0.25, 0.3) is 0 Å². The Hall–Kier alpha value is -1.55. The highest BCUT2D eigenvalue weighted by molar-refractivity contribution is 14.1. The molecule has 150 valence electrons. The molecule has 2 aromatic rings. The van der Waals surface area contributed by atoms with E-state index in [1.54, 1.807) is 30.3 Å². The highest BCUT2D eigenvalue weighted by Crippen LogP contribution is 2.30. The molecule has 0 N–H and O–H groups in total. The molecule has 0 amide bonds. The van der Waals surface area contributed by atoms with Gasteiger partial charge < -0.3 is 18.9 Å². The molecule has 28 heavy (non-hydrogen) atoms. The van der Waals surface area contributed by atoms with Gasteiger partial charge in [-0.1, -0.05) is 71.1 Å². The predicted molar refractivity (Wildman–Crippen MR) is 110 cm³/mol. The van der Waals surface area contributed by atoms with Crippen molar-refractivity contribution in [1.82, 2.24) is 0 Å². The molecule has 0 aliphatic carbocycles. The van der Waals surface area contributed by atoms with Crippen LogP contribution in [0.25, 0.3) is 0 Å². The molecule has 1 heterocycles. The van der Waals surface area contributed by atoms with Gasteiger partial charge in [0, 0.05) is 11.5 Å². The fraction of sp³-hybridized carbons (Fsp3) is 0.381. The molecule has 7 heteroatoms. The Labute approximate surface area is 177 Å². The van der Waals surface area contributed by atoms with Crippen LogP contribution in [0.1, 0.15) is 15.9 Å². The van der Waals surface area contributed by atoms with Crippen LogP contribution in [0.3, 0.4) is 0 Å². The molecule has 1 fully saturated rings. The summed E-state index contributed by atoms with van der Waals surface area (Å²) in [5.74, 6) is -0.541. The van der Waals surface area contributed by atoms with Gasteiger partial charge in [0.1, 0.15) is 12.2 Å². The lowest BCUT2D eigenvalue weighted by atomic mass is 10.00. The van der Waals surface area contributed by atoms with Gasteiger partial charge in [0.05, 0.1) is 12.2 Å². The van der Waals surface area contributed by atoms with E-state index in [0.29, 0.717) is 9.99 Å². The Balaban J connectivity index is 1.79. The Bertz CT molecular complexity index is 745. The van der Waals surface area contributed by atoms with Gasteiger partial charge in [-0.05, 0) is 17.7 Å². The van der Waals surface area contributed by atoms with Crippen LogP contribution in [0.2, 0.25) is 0 Å². The third-order valence-electron chi connectivity index (χ3n) is 4.50. The van der Waals surface area contributed by atoms with Gasteiger partial charge >= 0.3 is 5.97 Å². The zero-order valence-corrected chi connectivity index (χ0v) is 17.5. The third kappa shape index (κ3) is 5.08. The van der Waals surface area contributed by atoms with Crippen LogP contribution in [0, 0.1) is 0 Å². The monoisotopic (exact) mass is 500 g/mol. The average Bonchev–Trinajstić information content (AvgIpc) is 2.75. The maximum Gasteiger partial charge on any atom is 0.338 e. The number of hydrogen-bond acceptors (Lipinski definition) is 5. The summed E-state index contributed by atoms with van der Waals surface area (Å²) in [7, 11) is 1.38. The zero-order chi connectivity index (χ0) is 19.9. The van der Waals surface area contributed by atoms with Crippen molar-refractivity contribution in [1.29, 1.82) is 0 Å². The zero-order valence-electron chi connectivity index (χ0n) is 15.4. The Kier molecular flexibility index (Phi) is 7.78. The first-order valence-electron chi connectivity index (χ1n) is 8.94. The van der Waals surface area contributed by atoms with Gasteiger partial charge in [0.15, 0.2) is 18.6 Å². The van der Waals surface area contributed by atoms with Crippen molar-refractivity contribution >= 4 is 28.6 Å². The number of rotatable bonds is 7. The van der Waals surface area contributed by atoms with Crippen LogP contribution < -0.4 is 0 Å². The number of esters is 1. The summed E-state index contributed by atoms with van der Waals surface area (Å²) >= 11 is 2.12. The third-order valence-corrected chi connectivity index (χ3v) is 5.36. The topological polar surface area (TPSA) is 54.0 Å². The SMILES string of the molecule is CO[C@H]1O[C@H](CI)[C@@H](OC(=O)c2ccccc2)[C@H](OCc2ccccc2)[C@@H]1F. The number of ether oxygens (including phenoxy) is 4. The first-order chi connectivity index (χ1) is 13.6. The molecule has 2 aromatic carbocycles. The van der Waals surface area contributed by atoms with Crippen molar-refractivity contribution in [2.75, 3.05) is 11.5 Å². The number of carbonyl (C=O) groups excluding carboxylic acids is 1. The second-order valence-electron chi connectivity index (χ2n) is 6.37. The summed E-state index contributed by atoms with van der Waals surface area (Å²) < 4.78 is 37.9. The minimum Gasteiger partial charge on any atom is -0.453 e. The molecule has 0 bridgehead atoms. The van der Waals surface area contributed by atoms with E-state index in [-0.39, 0.29) is 6.61 Å². The second-order valence-corrected chi connectivity index (χ2v) is 7.26. The molecule has 1 saturated heterocycles. The lowest BCUT2D eigenvalue weighted by Crippen LogP contribution is -2.59. The van der Waals surface area contributed by atoms with E-state index in [1.165, 1.54) is 7.11 Å². The lowest BCUT2D eigenvalue weighted by molar-refractivity contribution is -0.277. The standard InChI is InChI=1S/C21H22FIO5/c1-25-21-17(22)19(26-13-14-8-4-2-5-9-14)18(16(12-23)27-21)28-20(24)15-10-6-3-7-11-15/h2-11,16-19,21H,12-13H2,1H3/t16-,17+,18-,19-,21+/m1/s1. The number of hydrogen-bond donors (Lipinski definition) is 0. The minimum absolute atomic E-state index is 0.190. The highest BCUT2D eigenvalue weighted by atomic mass is 127. The number of alkyl halides is 2. The smallest absolute Gasteiger partial charge is 0.338 e. The van der Waals surface area contributed by atoms with Crippen LogP contribution in [0.15, 0.2) is 60.7 Å². The fourth-order valence-electron chi connectivity index (χ4n) is 3.04. The second kappa shape index (κ2) is 10.3. The van der Waals surface area contributed by atoms with Crippen LogP contribution in [-0.2, 0) is 25.6 Å². The largest absolute Gasteiger partial charge is 0.453 e.